The molecule has 5 heteroatoms. The number of rotatable bonds is 7. The third-order valence-corrected chi connectivity index (χ3v) is 6.82. The minimum absolute atomic E-state index is 0.197. The van der Waals surface area contributed by atoms with E-state index in [-0.39, 0.29) is 5.97 Å². The van der Waals surface area contributed by atoms with Crippen molar-refractivity contribution in [3.63, 3.8) is 0 Å². The van der Waals surface area contributed by atoms with Gasteiger partial charge in [-0.1, -0.05) is 41.9 Å². The maximum absolute atomic E-state index is 11.3. The standard InChI is InChI=1S/C26H23ClO3S/c1-17-23-15-21(27)9-12-24(23)31-26(17)20-5-3-4-19(14-20)16-30-22-10-6-18(7-11-22)8-13-25(28)29-2/h3-7,9-12,14-15H,8,13,16H2,1-2H3. The third kappa shape index (κ3) is 5.09. The van der Waals surface area contributed by atoms with Crippen molar-refractivity contribution in [1.82, 2.24) is 0 Å². The second-order valence-electron chi connectivity index (χ2n) is 7.41. The van der Waals surface area contributed by atoms with Gasteiger partial charge in [0, 0.05) is 21.0 Å². The van der Waals surface area contributed by atoms with Crippen LogP contribution in [0, 0.1) is 6.92 Å². The predicted octanol–water partition coefficient (Wildman–Crippen LogP) is 7.21. The highest BCUT2D eigenvalue weighted by Crippen LogP contribution is 2.39. The van der Waals surface area contributed by atoms with Crippen LogP contribution in [-0.2, 0) is 22.6 Å². The average Bonchev–Trinajstić information content (AvgIpc) is 3.12. The van der Waals surface area contributed by atoms with Gasteiger partial charge >= 0.3 is 5.97 Å². The summed E-state index contributed by atoms with van der Waals surface area (Å²) in [7, 11) is 1.41. The number of aryl methyl sites for hydroxylation is 2. The molecule has 3 aromatic carbocycles. The number of fused-ring (bicyclic) bond motifs is 1. The topological polar surface area (TPSA) is 35.5 Å². The molecule has 0 aliphatic heterocycles. The van der Waals surface area contributed by atoms with E-state index >= 15 is 0 Å². The fraction of sp³-hybridized carbons (Fsp3) is 0.192. The lowest BCUT2D eigenvalue weighted by Crippen LogP contribution is -2.02. The molecule has 0 radical (unpaired) electrons. The number of thiophene rings is 1. The van der Waals surface area contributed by atoms with Crippen LogP contribution in [0.3, 0.4) is 0 Å². The first-order chi connectivity index (χ1) is 15.0. The molecular weight excluding hydrogens is 428 g/mol. The van der Waals surface area contributed by atoms with Gasteiger partial charge in [-0.15, -0.1) is 11.3 Å². The zero-order valence-electron chi connectivity index (χ0n) is 17.5. The Balaban J connectivity index is 1.45. The molecular formula is C26H23ClO3S. The largest absolute Gasteiger partial charge is 0.489 e. The number of methoxy groups -OCH3 is 1. The highest BCUT2D eigenvalue weighted by atomic mass is 35.5. The van der Waals surface area contributed by atoms with Gasteiger partial charge in [0.1, 0.15) is 12.4 Å². The van der Waals surface area contributed by atoms with Gasteiger partial charge in [-0.2, -0.15) is 0 Å². The Morgan fingerprint density at radius 3 is 2.58 bits per heavy atom. The summed E-state index contributed by atoms with van der Waals surface area (Å²) in [5, 5.41) is 1.97. The summed E-state index contributed by atoms with van der Waals surface area (Å²) in [5.41, 5.74) is 4.64. The van der Waals surface area contributed by atoms with E-state index < -0.39 is 0 Å². The molecule has 3 nitrogen and oxygen atoms in total. The van der Waals surface area contributed by atoms with E-state index in [2.05, 4.69) is 42.0 Å². The monoisotopic (exact) mass is 450 g/mol. The van der Waals surface area contributed by atoms with E-state index in [9.17, 15) is 4.79 Å². The zero-order valence-corrected chi connectivity index (χ0v) is 19.1. The number of hydrogen-bond acceptors (Lipinski definition) is 4. The number of hydrogen-bond donors (Lipinski definition) is 0. The number of esters is 1. The first-order valence-electron chi connectivity index (χ1n) is 10.1. The lowest BCUT2D eigenvalue weighted by molar-refractivity contribution is -0.140. The molecule has 0 saturated carbocycles. The van der Waals surface area contributed by atoms with Gasteiger partial charge in [0.25, 0.3) is 0 Å². The highest BCUT2D eigenvalue weighted by molar-refractivity contribution is 7.22. The van der Waals surface area contributed by atoms with Gasteiger partial charge in [0.15, 0.2) is 0 Å². The summed E-state index contributed by atoms with van der Waals surface area (Å²) in [6, 6.07) is 22.4. The van der Waals surface area contributed by atoms with Crippen molar-refractivity contribution < 1.29 is 14.3 Å². The van der Waals surface area contributed by atoms with E-state index in [1.807, 2.05) is 36.4 Å². The molecule has 0 saturated heterocycles. The molecule has 0 bridgehead atoms. The third-order valence-electron chi connectivity index (χ3n) is 5.26. The Morgan fingerprint density at radius 2 is 1.81 bits per heavy atom. The normalized spacial score (nSPS) is 10.9. The molecule has 4 aromatic rings. The Bertz CT molecular complexity index is 1210. The van der Waals surface area contributed by atoms with Gasteiger partial charge in [0.2, 0.25) is 0 Å². The molecule has 158 valence electrons. The van der Waals surface area contributed by atoms with Crippen LogP contribution in [-0.4, -0.2) is 13.1 Å². The maximum atomic E-state index is 11.3. The van der Waals surface area contributed by atoms with Crippen LogP contribution in [0.5, 0.6) is 5.75 Å². The van der Waals surface area contributed by atoms with E-state index in [1.54, 1.807) is 11.3 Å². The number of carbonyl (C=O) groups is 1. The zero-order chi connectivity index (χ0) is 21.8. The van der Waals surface area contributed by atoms with E-state index in [0.29, 0.717) is 19.4 Å². The van der Waals surface area contributed by atoms with E-state index in [0.717, 1.165) is 21.9 Å². The molecule has 0 fully saturated rings. The van der Waals surface area contributed by atoms with Crippen LogP contribution in [0.1, 0.15) is 23.1 Å². The molecule has 0 spiro atoms. The van der Waals surface area contributed by atoms with Crippen LogP contribution < -0.4 is 4.74 Å². The fourth-order valence-corrected chi connectivity index (χ4v) is 4.90. The van der Waals surface area contributed by atoms with Crippen LogP contribution in [0.25, 0.3) is 20.5 Å². The summed E-state index contributed by atoms with van der Waals surface area (Å²) in [4.78, 5) is 12.5. The van der Waals surface area contributed by atoms with Crippen LogP contribution in [0.15, 0.2) is 66.7 Å². The number of halogens is 1. The fourth-order valence-electron chi connectivity index (χ4n) is 3.54. The summed E-state index contributed by atoms with van der Waals surface area (Å²) in [5.74, 6) is 0.608. The Morgan fingerprint density at radius 1 is 1.00 bits per heavy atom. The number of benzene rings is 3. The van der Waals surface area contributed by atoms with Crippen molar-refractivity contribution >= 4 is 39.0 Å². The van der Waals surface area contributed by atoms with Gasteiger partial charge in [0.05, 0.1) is 7.11 Å². The molecule has 0 aliphatic rings. The molecule has 0 amide bonds. The Labute approximate surface area is 191 Å². The minimum atomic E-state index is -0.197. The Hall–Kier alpha value is -2.82. The lowest BCUT2D eigenvalue weighted by Gasteiger charge is -2.09. The van der Waals surface area contributed by atoms with Crippen molar-refractivity contribution in [2.45, 2.75) is 26.4 Å². The summed E-state index contributed by atoms with van der Waals surface area (Å²) in [6.07, 6.45) is 1.04. The first-order valence-corrected chi connectivity index (χ1v) is 11.3. The maximum Gasteiger partial charge on any atom is 0.305 e. The smallest absolute Gasteiger partial charge is 0.305 e. The van der Waals surface area contributed by atoms with Crippen molar-refractivity contribution in [3.05, 3.63) is 88.4 Å². The van der Waals surface area contributed by atoms with Gasteiger partial charge in [-0.3, -0.25) is 4.79 Å². The van der Waals surface area contributed by atoms with Crippen molar-refractivity contribution in [1.29, 1.82) is 0 Å². The minimum Gasteiger partial charge on any atom is -0.489 e. The lowest BCUT2D eigenvalue weighted by atomic mass is 10.1. The van der Waals surface area contributed by atoms with Crippen molar-refractivity contribution in [2.75, 3.05) is 7.11 Å². The molecule has 0 N–H and O–H groups in total. The molecule has 1 aromatic heterocycles. The first kappa shape index (κ1) is 21.4. The molecule has 0 atom stereocenters. The molecule has 0 aliphatic carbocycles. The summed E-state index contributed by atoms with van der Waals surface area (Å²) >= 11 is 7.97. The van der Waals surface area contributed by atoms with E-state index in [1.165, 1.54) is 33.2 Å². The number of carbonyl (C=O) groups excluding carboxylic acids is 1. The van der Waals surface area contributed by atoms with Crippen molar-refractivity contribution in [2.24, 2.45) is 0 Å². The van der Waals surface area contributed by atoms with Crippen LogP contribution in [0.2, 0.25) is 5.02 Å². The van der Waals surface area contributed by atoms with Crippen LogP contribution in [0.4, 0.5) is 0 Å². The van der Waals surface area contributed by atoms with Gasteiger partial charge in [-0.25, -0.2) is 0 Å². The summed E-state index contributed by atoms with van der Waals surface area (Å²) < 4.78 is 11.9. The van der Waals surface area contributed by atoms with Crippen LogP contribution >= 0.6 is 22.9 Å². The molecule has 4 rings (SSSR count). The summed E-state index contributed by atoms with van der Waals surface area (Å²) in [6.45, 7) is 2.64. The van der Waals surface area contributed by atoms with Gasteiger partial charge < -0.3 is 9.47 Å². The second kappa shape index (κ2) is 9.54. The molecule has 0 unspecified atom stereocenters. The molecule has 1 heterocycles. The van der Waals surface area contributed by atoms with Crippen molar-refractivity contribution in [3.8, 4) is 16.2 Å². The Kier molecular flexibility index (Phi) is 6.59. The predicted molar refractivity (Wildman–Crippen MR) is 128 cm³/mol. The second-order valence-corrected chi connectivity index (χ2v) is 8.89. The highest BCUT2D eigenvalue weighted by Gasteiger charge is 2.11. The quantitative estimate of drug-likeness (QED) is 0.279. The molecule has 31 heavy (non-hydrogen) atoms. The SMILES string of the molecule is COC(=O)CCc1ccc(OCc2cccc(-c3sc4ccc(Cl)cc4c3C)c2)cc1. The van der Waals surface area contributed by atoms with E-state index in [4.69, 9.17) is 16.3 Å². The average molecular weight is 451 g/mol. The van der Waals surface area contributed by atoms with Gasteiger partial charge in [-0.05, 0) is 77.4 Å². The number of ether oxygens (including phenoxy) is 2.